The zero-order valence-corrected chi connectivity index (χ0v) is 17.6. The van der Waals surface area contributed by atoms with Crippen LogP contribution in [0.5, 0.6) is 17.2 Å². The number of hydrogen-bond donors (Lipinski definition) is 1. The first kappa shape index (κ1) is 22.3. The highest BCUT2D eigenvalue weighted by Crippen LogP contribution is 2.27. The molecule has 0 aliphatic heterocycles. The van der Waals surface area contributed by atoms with E-state index in [2.05, 4.69) is 31.3 Å². The second kappa shape index (κ2) is 11.7. The van der Waals surface area contributed by atoms with Crippen LogP contribution in [0.25, 0.3) is 0 Å². The van der Waals surface area contributed by atoms with E-state index in [0.29, 0.717) is 29.8 Å². The minimum Gasteiger partial charge on any atom is -0.493 e. The number of amides is 1. The number of nitrogens with zero attached hydrogens (tertiary/aromatic N) is 1. The van der Waals surface area contributed by atoms with Crippen molar-refractivity contribution in [3.63, 3.8) is 0 Å². The van der Waals surface area contributed by atoms with Gasteiger partial charge in [0.05, 0.1) is 19.9 Å². The fourth-order valence-electron chi connectivity index (χ4n) is 2.52. The lowest BCUT2D eigenvalue weighted by atomic mass is 10.0. The van der Waals surface area contributed by atoms with Crippen LogP contribution in [0, 0.1) is 0 Å². The molecular formula is C23H30N2O4. The molecule has 0 atom stereocenters. The Morgan fingerprint density at radius 3 is 2.52 bits per heavy atom. The van der Waals surface area contributed by atoms with Crippen molar-refractivity contribution in [2.24, 2.45) is 5.10 Å². The van der Waals surface area contributed by atoms with Crippen molar-refractivity contribution in [1.82, 2.24) is 5.43 Å². The van der Waals surface area contributed by atoms with Gasteiger partial charge < -0.3 is 14.2 Å². The van der Waals surface area contributed by atoms with Gasteiger partial charge in [-0.1, -0.05) is 39.3 Å². The van der Waals surface area contributed by atoms with E-state index in [-0.39, 0.29) is 12.5 Å². The van der Waals surface area contributed by atoms with Crippen molar-refractivity contribution in [3.8, 4) is 17.2 Å². The maximum absolute atomic E-state index is 11.9. The molecule has 0 aromatic heterocycles. The molecule has 0 radical (unpaired) electrons. The summed E-state index contributed by atoms with van der Waals surface area (Å²) in [6.07, 6.45) is 3.61. The molecule has 6 heteroatoms. The molecule has 2 aromatic carbocycles. The third-order valence-electron chi connectivity index (χ3n) is 4.26. The topological polar surface area (TPSA) is 69.2 Å². The Bertz CT molecular complexity index is 801. The van der Waals surface area contributed by atoms with Crippen molar-refractivity contribution in [2.45, 2.75) is 39.5 Å². The molecule has 0 saturated heterocycles. The summed E-state index contributed by atoms with van der Waals surface area (Å²) in [7, 11) is 1.59. The summed E-state index contributed by atoms with van der Waals surface area (Å²) in [6.45, 7) is 6.91. The van der Waals surface area contributed by atoms with E-state index >= 15 is 0 Å². The molecule has 0 saturated carbocycles. The predicted molar refractivity (Wildman–Crippen MR) is 115 cm³/mol. The van der Waals surface area contributed by atoms with Crippen LogP contribution in [-0.4, -0.2) is 32.4 Å². The fourth-order valence-corrected chi connectivity index (χ4v) is 2.52. The number of methoxy groups -OCH3 is 1. The average Bonchev–Trinajstić information content (AvgIpc) is 2.73. The molecule has 1 amide bonds. The summed E-state index contributed by atoms with van der Waals surface area (Å²) in [6, 6.07) is 13.2. The van der Waals surface area contributed by atoms with Gasteiger partial charge >= 0.3 is 0 Å². The number of unbranched alkanes of at least 4 members (excludes halogenated alkanes) is 1. The van der Waals surface area contributed by atoms with Gasteiger partial charge in [0.15, 0.2) is 18.1 Å². The zero-order valence-electron chi connectivity index (χ0n) is 17.6. The lowest BCUT2D eigenvalue weighted by molar-refractivity contribution is -0.123. The molecule has 0 fully saturated rings. The third-order valence-corrected chi connectivity index (χ3v) is 4.26. The summed E-state index contributed by atoms with van der Waals surface area (Å²) in [5.74, 6) is 2.10. The van der Waals surface area contributed by atoms with Crippen LogP contribution in [0.15, 0.2) is 47.6 Å². The molecule has 0 bridgehead atoms. The molecule has 29 heavy (non-hydrogen) atoms. The molecule has 0 aliphatic carbocycles. The van der Waals surface area contributed by atoms with Crippen molar-refractivity contribution in [2.75, 3.05) is 20.3 Å². The van der Waals surface area contributed by atoms with Crippen LogP contribution >= 0.6 is 0 Å². The maximum Gasteiger partial charge on any atom is 0.277 e. The second-order valence-electron chi connectivity index (χ2n) is 6.92. The van der Waals surface area contributed by atoms with Gasteiger partial charge in [-0.15, -0.1) is 0 Å². The first-order valence-corrected chi connectivity index (χ1v) is 9.89. The number of carbonyl (C=O) groups excluding carboxylic acids is 1. The molecule has 6 nitrogen and oxygen atoms in total. The van der Waals surface area contributed by atoms with Gasteiger partial charge in [-0.2, -0.15) is 5.10 Å². The largest absolute Gasteiger partial charge is 0.493 e. The second-order valence-corrected chi connectivity index (χ2v) is 6.92. The molecule has 0 spiro atoms. The first-order valence-electron chi connectivity index (χ1n) is 9.89. The average molecular weight is 399 g/mol. The number of hydrogen-bond acceptors (Lipinski definition) is 5. The summed E-state index contributed by atoms with van der Waals surface area (Å²) in [5, 5.41) is 3.97. The summed E-state index contributed by atoms with van der Waals surface area (Å²) >= 11 is 0. The molecule has 1 N–H and O–H groups in total. The molecule has 2 rings (SSSR count). The van der Waals surface area contributed by atoms with E-state index in [1.807, 2.05) is 42.5 Å². The van der Waals surface area contributed by atoms with Gasteiger partial charge in [0.2, 0.25) is 0 Å². The van der Waals surface area contributed by atoms with Crippen molar-refractivity contribution in [3.05, 3.63) is 53.6 Å². The highest BCUT2D eigenvalue weighted by Gasteiger charge is 2.06. The molecule has 0 aliphatic rings. The lowest BCUT2D eigenvalue weighted by Crippen LogP contribution is -2.24. The van der Waals surface area contributed by atoms with Gasteiger partial charge in [0, 0.05) is 0 Å². The number of rotatable bonds is 11. The van der Waals surface area contributed by atoms with Gasteiger partial charge in [-0.25, -0.2) is 5.43 Å². The Morgan fingerprint density at radius 2 is 1.86 bits per heavy atom. The van der Waals surface area contributed by atoms with Crippen LogP contribution in [-0.2, 0) is 4.79 Å². The Hall–Kier alpha value is -3.02. The Labute approximate surface area is 172 Å². The van der Waals surface area contributed by atoms with Crippen molar-refractivity contribution in [1.29, 1.82) is 0 Å². The van der Waals surface area contributed by atoms with Crippen LogP contribution < -0.4 is 19.6 Å². The van der Waals surface area contributed by atoms with Crippen LogP contribution in [0.4, 0.5) is 0 Å². The summed E-state index contributed by atoms with van der Waals surface area (Å²) in [4.78, 5) is 11.9. The van der Waals surface area contributed by atoms with E-state index in [4.69, 9.17) is 14.2 Å². The van der Waals surface area contributed by atoms with E-state index < -0.39 is 0 Å². The van der Waals surface area contributed by atoms with Crippen molar-refractivity contribution >= 4 is 12.1 Å². The molecule has 2 aromatic rings. The first-order chi connectivity index (χ1) is 14.0. The van der Waals surface area contributed by atoms with Crippen LogP contribution in [0.1, 0.15) is 50.7 Å². The van der Waals surface area contributed by atoms with Gasteiger partial charge in [0.1, 0.15) is 5.75 Å². The Morgan fingerprint density at radius 1 is 1.10 bits per heavy atom. The molecule has 0 heterocycles. The van der Waals surface area contributed by atoms with E-state index in [1.54, 1.807) is 13.3 Å². The normalized spacial score (nSPS) is 10.9. The Balaban J connectivity index is 1.82. The molecule has 156 valence electrons. The number of carbonyl (C=O) groups is 1. The Kier molecular flexibility index (Phi) is 9.02. The van der Waals surface area contributed by atoms with Gasteiger partial charge in [-0.3, -0.25) is 4.79 Å². The van der Waals surface area contributed by atoms with Gasteiger partial charge in [0.25, 0.3) is 5.91 Å². The minimum absolute atomic E-state index is 0.105. The van der Waals surface area contributed by atoms with Crippen LogP contribution in [0.2, 0.25) is 0 Å². The lowest BCUT2D eigenvalue weighted by Gasteiger charge is -2.10. The molecular weight excluding hydrogens is 368 g/mol. The zero-order chi connectivity index (χ0) is 21.1. The highest BCUT2D eigenvalue weighted by atomic mass is 16.5. The van der Waals surface area contributed by atoms with Crippen molar-refractivity contribution < 1.29 is 19.0 Å². The van der Waals surface area contributed by atoms with E-state index in [9.17, 15) is 4.79 Å². The maximum atomic E-state index is 11.9. The minimum atomic E-state index is -0.333. The summed E-state index contributed by atoms with van der Waals surface area (Å²) in [5.41, 5.74) is 4.47. The SMILES string of the molecule is CCCCOc1ccc(/C=N/NC(=O)COc2ccc(C(C)C)cc2)cc1OC. The standard InChI is InChI=1S/C23H30N2O4/c1-5-6-13-28-21-12-7-18(14-22(21)27-4)15-24-25-23(26)16-29-20-10-8-19(9-11-20)17(2)3/h7-12,14-15,17H,5-6,13,16H2,1-4H3,(H,25,26)/b24-15+. The highest BCUT2D eigenvalue weighted by molar-refractivity contribution is 5.83. The number of benzene rings is 2. The number of ether oxygens (including phenoxy) is 3. The number of hydrazone groups is 1. The van der Waals surface area contributed by atoms with E-state index in [1.165, 1.54) is 5.56 Å². The van der Waals surface area contributed by atoms with Gasteiger partial charge in [-0.05, 0) is 53.8 Å². The third kappa shape index (κ3) is 7.49. The predicted octanol–water partition coefficient (Wildman–Crippen LogP) is 4.53. The van der Waals surface area contributed by atoms with Crippen LogP contribution in [0.3, 0.4) is 0 Å². The monoisotopic (exact) mass is 398 g/mol. The molecule has 0 unspecified atom stereocenters. The smallest absolute Gasteiger partial charge is 0.277 e. The number of nitrogens with one attached hydrogen (secondary N) is 1. The van der Waals surface area contributed by atoms with E-state index in [0.717, 1.165) is 18.4 Å². The quantitative estimate of drug-likeness (QED) is 0.343. The fraction of sp³-hybridized carbons (Fsp3) is 0.391. The summed E-state index contributed by atoms with van der Waals surface area (Å²) < 4.78 is 16.5.